The van der Waals surface area contributed by atoms with Crippen molar-refractivity contribution in [1.29, 1.82) is 0 Å². The molecule has 2 N–H and O–H groups in total. The summed E-state index contributed by atoms with van der Waals surface area (Å²) in [5.41, 5.74) is 1.10. The zero-order valence-electron chi connectivity index (χ0n) is 12.9. The second-order valence-electron chi connectivity index (χ2n) is 5.60. The molecular formula is C16H23NO4. The van der Waals surface area contributed by atoms with Gasteiger partial charge in [-0.15, -0.1) is 0 Å². The second-order valence-corrected chi connectivity index (χ2v) is 5.60. The summed E-state index contributed by atoms with van der Waals surface area (Å²) in [6.07, 6.45) is -0.361. The molecule has 0 aliphatic heterocycles. The molecule has 2 atom stereocenters. The van der Waals surface area contributed by atoms with Crippen LogP contribution in [0.2, 0.25) is 0 Å². The topological polar surface area (TPSA) is 75.6 Å². The van der Waals surface area contributed by atoms with Gasteiger partial charge in [-0.25, -0.2) is 4.79 Å². The Morgan fingerprint density at radius 3 is 2.24 bits per heavy atom. The molecule has 1 aromatic rings. The van der Waals surface area contributed by atoms with Gasteiger partial charge < -0.3 is 15.2 Å². The number of benzene rings is 1. The van der Waals surface area contributed by atoms with Gasteiger partial charge in [0.05, 0.1) is 0 Å². The van der Waals surface area contributed by atoms with Crippen molar-refractivity contribution in [1.82, 2.24) is 5.32 Å². The van der Waals surface area contributed by atoms with Crippen molar-refractivity contribution in [2.75, 3.05) is 0 Å². The van der Waals surface area contributed by atoms with Gasteiger partial charge in [-0.3, -0.25) is 4.79 Å². The van der Waals surface area contributed by atoms with Gasteiger partial charge in [0.1, 0.15) is 11.8 Å². The van der Waals surface area contributed by atoms with Gasteiger partial charge in [-0.05, 0) is 38.3 Å². The number of rotatable bonds is 7. The first-order valence-electron chi connectivity index (χ1n) is 7.06. The molecule has 1 rings (SSSR count). The van der Waals surface area contributed by atoms with E-state index in [2.05, 4.69) is 5.32 Å². The number of hydrogen-bond acceptors (Lipinski definition) is 3. The maximum atomic E-state index is 12.0. The molecule has 5 heteroatoms. The highest BCUT2D eigenvalue weighted by Gasteiger charge is 2.24. The van der Waals surface area contributed by atoms with E-state index in [1.165, 1.54) is 0 Å². The fourth-order valence-electron chi connectivity index (χ4n) is 1.86. The molecule has 0 fully saturated rings. The monoisotopic (exact) mass is 293 g/mol. The quantitative estimate of drug-likeness (QED) is 0.809. The first-order valence-corrected chi connectivity index (χ1v) is 7.06. The number of carbonyl (C=O) groups excluding carboxylic acids is 1. The minimum Gasteiger partial charge on any atom is -0.481 e. The summed E-state index contributed by atoms with van der Waals surface area (Å²) in [6, 6.07) is 6.45. The Labute approximate surface area is 125 Å². The van der Waals surface area contributed by atoms with Gasteiger partial charge in [-0.1, -0.05) is 31.5 Å². The molecule has 1 amide bonds. The number of aliphatic carboxylic acids is 1. The van der Waals surface area contributed by atoms with Crippen LogP contribution in [0, 0.1) is 12.8 Å². The Kier molecular flexibility index (Phi) is 6.21. The molecule has 0 bridgehead atoms. The Balaban J connectivity index is 2.60. The summed E-state index contributed by atoms with van der Waals surface area (Å²) in [6.45, 7) is 7.38. The lowest BCUT2D eigenvalue weighted by atomic mass is 10.0. The third kappa shape index (κ3) is 5.85. The van der Waals surface area contributed by atoms with Gasteiger partial charge in [0, 0.05) is 0 Å². The highest BCUT2D eigenvalue weighted by molar-refractivity contribution is 5.86. The van der Waals surface area contributed by atoms with E-state index in [4.69, 9.17) is 9.84 Å². The number of ether oxygens (including phenoxy) is 1. The fourth-order valence-corrected chi connectivity index (χ4v) is 1.86. The summed E-state index contributed by atoms with van der Waals surface area (Å²) in [5.74, 6) is -0.693. The summed E-state index contributed by atoms with van der Waals surface area (Å²) in [7, 11) is 0. The molecule has 21 heavy (non-hydrogen) atoms. The first-order chi connectivity index (χ1) is 9.79. The van der Waals surface area contributed by atoms with Crippen LogP contribution in [0.5, 0.6) is 5.75 Å². The second kappa shape index (κ2) is 7.67. The van der Waals surface area contributed by atoms with Gasteiger partial charge in [-0.2, -0.15) is 0 Å². The number of nitrogens with one attached hydrogen (secondary N) is 1. The molecule has 0 aromatic heterocycles. The Hall–Kier alpha value is -2.04. The Bertz CT molecular complexity index is 482. The van der Waals surface area contributed by atoms with Gasteiger partial charge in [0.25, 0.3) is 5.91 Å². The van der Waals surface area contributed by atoms with Crippen molar-refractivity contribution in [2.45, 2.75) is 46.3 Å². The third-order valence-electron chi connectivity index (χ3n) is 3.02. The zero-order valence-corrected chi connectivity index (χ0v) is 12.9. The van der Waals surface area contributed by atoms with Crippen LogP contribution in [0.15, 0.2) is 24.3 Å². The van der Waals surface area contributed by atoms with Crippen molar-refractivity contribution < 1.29 is 19.4 Å². The van der Waals surface area contributed by atoms with Crippen LogP contribution in [-0.4, -0.2) is 29.1 Å². The first kappa shape index (κ1) is 17.0. The number of aryl methyl sites for hydroxylation is 1. The van der Waals surface area contributed by atoms with E-state index >= 15 is 0 Å². The van der Waals surface area contributed by atoms with E-state index in [1.54, 1.807) is 19.1 Å². The molecule has 0 heterocycles. The molecule has 0 aliphatic carbocycles. The van der Waals surface area contributed by atoms with E-state index in [1.807, 2.05) is 32.9 Å². The SMILES string of the molecule is Cc1ccc(OC(C)C(=O)NC(CC(C)C)C(=O)O)cc1. The van der Waals surface area contributed by atoms with Crippen LogP contribution in [0.1, 0.15) is 32.8 Å². The van der Waals surface area contributed by atoms with Crippen molar-refractivity contribution in [2.24, 2.45) is 5.92 Å². The van der Waals surface area contributed by atoms with Crippen molar-refractivity contribution in [3.05, 3.63) is 29.8 Å². The standard InChI is InChI=1S/C16H23NO4/c1-10(2)9-14(16(19)20)17-15(18)12(4)21-13-7-5-11(3)6-8-13/h5-8,10,12,14H,9H2,1-4H3,(H,17,18)(H,19,20). The van der Waals surface area contributed by atoms with E-state index in [0.29, 0.717) is 12.2 Å². The van der Waals surface area contributed by atoms with Crippen LogP contribution in [-0.2, 0) is 9.59 Å². The number of carboxylic acids is 1. The lowest BCUT2D eigenvalue weighted by Crippen LogP contribution is -2.46. The molecule has 0 spiro atoms. The third-order valence-corrected chi connectivity index (χ3v) is 3.02. The van der Waals surface area contributed by atoms with Gasteiger partial charge in [0.15, 0.2) is 6.10 Å². The average Bonchev–Trinajstić information content (AvgIpc) is 2.39. The normalized spacial score (nSPS) is 13.6. The summed E-state index contributed by atoms with van der Waals surface area (Å²) in [4.78, 5) is 23.1. The number of carboxylic acid groups (broad SMARTS) is 1. The average molecular weight is 293 g/mol. The van der Waals surface area contributed by atoms with Crippen LogP contribution < -0.4 is 10.1 Å². The molecule has 5 nitrogen and oxygen atoms in total. The minimum absolute atomic E-state index is 0.180. The van der Waals surface area contributed by atoms with Gasteiger partial charge in [0.2, 0.25) is 0 Å². The molecular weight excluding hydrogens is 270 g/mol. The molecule has 116 valence electrons. The summed E-state index contributed by atoms with van der Waals surface area (Å²) in [5, 5.41) is 11.6. The van der Waals surface area contributed by atoms with Crippen molar-refractivity contribution in [3.63, 3.8) is 0 Å². The smallest absolute Gasteiger partial charge is 0.326 e. The molecule has 2 unspecified atom stereocenters. The highest BCUT2D eigenvalue weighted by atomic mass is 16.5. The molecule has 0 radical (unpaired) electrons. The largest absolute Gasteiger partial charge is 0.481 e. The van der Waals surface area contributed by atoms with Crippen molar-refractivity contribution >= 4 is 11.9 Å². The van der Waals surface area contributed by atoms with E-state index in [9.17, 15) is 9.59 Å². The fraction of sp³-hybridized carbons (Fsp3) is 0.500. The molecule has 0 saturated carbocycles. The Morgan fingerprint density at radius 2 is 1.76 bits per heavy atom. The number of hydrogen-bond donors (Lipinski definition) is 2. The van der Waals surface area contributed by atoms with E-state index in [-0.39, 0.29) is 5.92 Å². The van der Waals surface area contributed by atoms with E-state index < -0.39 is 24.0 Å². The van der Waals surface area contributed by atoms with E-state index in [0.717, 1.165) is 5.56 Å². The minimum atomic E-state index is -1.03. The van der Waals surface area contributed by atoms with Crippen LogP contribution in [0.3, 0.4) is 0 Å². The number of amides is 1. The maximum Gasteiger partial charge on any atom is 0.326 e. The van der Waals surface area contributed by atoms with Gasteiger partial charge >= 0.3 is 5.97 Å². The molecule has 1 aromatic carbocycles. The van der Waals surface area contributed by atoms with Crippen molar-refractivity contribution in [3.8, 4) is 5.75 Å². The van der Waals surface area contributed by atoms with Crippen LogP contribution >= 0.6 is 0 Å². The maximum absolute atomic E-state index is 12.0. The zero-order chi connectivity index (χ0) is 16.0. The molecule has 0 aliphatic rings. The number of carbonyl (C=O) groups is 2. The lowest BCUT2D eigenvalue weighted by Gasteiger charge is -2.20. The predicted molar refractivity (Wildman–Crippen MR) is 80.3 cm³/mol. The Morgan fingerprint density at radius 1 is 1.19 bits per heavy atom. The lowest BCUT2D eigenvalue weighted by molar-refractivity contribution is -0.143. The predicted octanol–water partition coefficient (Wildman–Crippen LogP) is 2.38. The highest BCUT2D eigenvalue weighted by Crippen LogP contribution is 2.13. The van der Waals surface area contributed by atoms with Crippen LogP contribution in [0.25, 0.3) is 0 Å². The van der Waals surface area contributed by atoms with Crippen LogP contribution in [0.4, 0.5) is 0 Å². The molecule has 0 saturated heterocycles. The summed E-state index contributed by atoms with van der Waals surface area (Å²) >= 11 is 0. The summed E-state index contributed by atoms with van der Waals surface area (Å²) < 4.78 is 5.51.